The van der Waals surface area contributed by atoms with E-state index in [1.807, 2.05) is 16.8 Å². The summed E-state index contributed by atoms with van der Waals surface area (Å²) < 4.78 is 19.0. The van der Waals surface area contributed by atoms with Crippen molar-refractivity contribution in [2.75, 3.05) is 51.9 Å². The molecule has 0 radical (unpaired) electrons. The van der Waals surface area contributed by atoms with Crippen molar-refractivity contribution in [2.24, 2.45) is 0 Å². The van der Waals surface area contributed by atoms with Crippen LogP contribution in [0.25, 0.3) is 0 Å². The Hall–Kier alpha value is -3.17. The quantitative estimate of drug-likeness (QED) is 0.504. The second-order valence-corrected chi connectivity index (χ2v) is 8.72. The molecule has 0 amide bonds. The molecule has 1 aromatic heterocycles. The third kappa shape index (κ3) is 4.71. The summed E-state index contributed by atoms with van der Waals surface area (Å²) in [5, 5.41) is 12.9. The highest BCUT2D eigenvalue weighted by Crippen LogP contribution is 2.37. The summed E-state index contributed by atoms with van der Waals surface area (Å²) in [4.78, 5) is 4.87. The summed E-state index contributed by atoms with van der Waals surface area (Å²) in [6.07, 6.45) is 2.26. The number of tetrazole rings is 1. The van der Waals surface area contributed by atoms with Crippen molar-refractivity contribution in [3.63, 3.8) is 0 Å². The predicted molar refractivity (Wildman–Crippen MR) is 128 cm³/mol. The number of para-hydroxylation sites is 1. The largest absolute Gasteiger partial charge is 0.497 e. The van der Waals surface area contributed by atoms with Gasteiger partial charge in [0.05, 0.1) is 26.9 Å². The molecule has 3 aromatic rings. The molecular weight excluding hydrogens is 432 g/mol. The molecule has 0 saturated carbocycles. The molecule has 180 valence electrons. The molecular formula is C25H32N6O3. The van der Waals surface area contributed by atoms with Crippen LogP contribution in [0.15, 0.2) is 48.5 Å². The average molecular weight is 465 g/mol. The maximum absolute atomic E-state index is 5.87. The molecule has 0 aliphatic carbocycles. The molecule has 2 saturated heterocycles. The molecule has 2 aromatic carbocycles. The number of hydrogen-bond acceptors (Lipinski definition) is 8. The summed E-state index contributed by atoms with van der Waals surface area (Å²) in [7, 11) is 3.36. The molecule has 0 unspecified atom stereocenters. The van der Waals surface area contributed by atoms with E-state index in [-0.39, 0.29) is 12.1 Å². The van der Waals surface area contributed by atoms with Gasteiger partial charge < -0.3 is 19.1 Å². The molecule has 9 heteroatoms. The van der Waals surface area contributed by atoms with Crippen LogP contribution in [0, 0.1) is 0 Å². The van der Waals surface area contributed by atoms with Gasteiger partial charge >= 0.3 is 0 Å². The number of benzene rings is 2. The second kappa shape index (κ2) is 10.4. The molecule has 0 N–H and O–H groups in total. The topological polar surface area (TPSA) is 77.8 Å². The SMILES string of the molecule is COc1ccc([C@H](c2nnnn2C[C@@H]2CCCO2)N2CCN(c3ccccc3)CC2)c(OC)c1. The van der Waals surface area contributed by atoms with Crippen molar-refractivity contribution in [1.29, 1.82) is 0 Å². The number of nitrogens with zero attached hydrogens (tertiary/aromatic N) is 6. The van der Waals surface area contributed by atoms with Gasteiger partial charge in [0, 0.05) is 50.1 Å². The van der Waals surface area contributed by atoms with Gasteiger partial charge in [-0.25, -0.2) is 4.68 Å². The maximum atomic E-state index is 5.87. The van der Waals surface area contributed by atoms with Gasteiger partial charge in [0.2, 0.25) is 0 Å². The van der Waals surface area contributed by atoms with E-state index in [1.54, 1.807) is 14.2 Å². The zero-order valence-electron chi connectivity index (χ0n) is 19.8. The Balaban J connectivity index is 1.46. The summed E-state index contributed by atoms with van der Waals surface area (Å²) in [5.74, 6) is 2.33. The summed E-state index contributed by atoms with van der Waals surface area (Å²) in [6.45, 7) is 5.06. The van der Waals surface area contributed by atoms with Crippen molar-refractivity contribution in [3.8, 4) is 11.5 Å². The van der Waals surface area contributed by atoms with Crippen LogP contribution in [0.4, 0.5) is 5.69 Å². The van der Waals surface area contributed by atoms with Gasteiger partial charge in [-0.3, -0.25) is 4.90 Å². The first-order valence-corrected chi connectivity index (χ1v) is 11.9. The summed E-state index contributed by atoms with van der Waals surface area (Å²) in [5.41, 5.74) is 2.28. The molecule has 0 bridgehead atoms. The third-order valence-corrected chi connectivity index (χ3v) is 6.74. The van der Waals surface area contributed by atoms with Crippen molar-refractivity contribution in [1.82, 2.24) is 25.1 Å². The Bertz CT molecular complexity index is 1060. The van der Waals surface area contributed by atoms with Gasteiger partial charge in [0.15, 0.2) is 5.82 Å². The third-order valence-electron chi connectivity index (χ3n) is 6.74. The smallest absolute Gasteiger partial charge is 0.173 e. The number of hydrogen-bond donors (Lipinski definition) is 0. The minimum atomic E-state index is -0.143. The van der Waals surface area contributed by atoms with Crippen LogP contribution in [0.1, 0.15) is 30.3 Å². The Labute approximate surface area is 200 Å². The van der Waals surface area contributed by atoms with Crippen LogP contribution in [0.3, 0.4) is 0 Å². The van der Waals surface area contributed by atoms with Crippen molar-refractivity contribution in [2.45, 2.75) is 31.5 Å². The van der Waals surface area contributed by atoms with Crippen molar-refractivity contribution < 1.29 is 14.2 Å². The minimum absolute atomic E-state index is 0.143. The van der Waals surface area contributed by atoms with Crippen LogP contribution < -0.4 is 14.4 Å². The highest BCUT2D eigenvalue weighted by atomic mass is 16.5. The van der Waals surface area contributed by atoms with E-state index >= 15 is 0 Å². The van der Waals surface area contributed by atoms with E-state index in [9.17, 15) is 0 Å². The van der Waals surface area contributed by atoms with Crippen LogP contribution in [-0.4, -0.2) is 78.2 Å². The molecule has 2 aliphatic heterocycles. The lowest BCUT2D eigenvalue weighted by molar-refractivity contribution is 0.0906. The van der Waals surface area contributed by atoms with E-state index < -0.39 is 0 Å². The molecule has 2 fully saturated rings. The first-order chi connectivity index (χ1) is 16.8. The number of anilines is 1. The molecule has 9 nitrogen and oxygen atoms in total. The molecule has 34 heavy (non-hydrogen) atoms. The highest BCUT2D eigenvalue weighted by molar-refractivity contribution is 5.47. The van der Waals surface area contributed by atoms with Crippen molar-refractivity contribution in [3.05, 3.63) is 59.9 Å². The number of piperazine rings is 1. The monoisotopic (exact) mass is 464 g/mol. The molecule has 5 rings (SSSR count). The highest BCUT2D eigenvalue weighted by Gasteiger charge is 2.33. The average Bonchev–Trinajstić information content (AvgIpc) is 3.58. The fourth-order valence-corrected chi connectivity index (χ4v) is 4.94. The number of ether oxygens (including phenoxy) is 3. The zero-order valence-corrected chi connectivity index (χ0v) is 19.8. The fraction of sp³-hybridized carbons (Fsp3) is 0.480. The van der Waals surface area contributed by atoms with E-state index in [0.29, 0.717) is 6.54 Å². The van der Waals surface area contributed by atoms with Gasteiger partial charge in [0.25, 0.3) is 0 Å². The Morgan fingerprint density at radius 1 is 1.03 bits per heavy atom. The summed E-state index contributed by atoms with van der Waals surface area (Å²) >= 11 is 0. The van der Waals surface area contributed by atoms with Gasteiger partial charge in [-0.2, -0.15) is 0 Å². The molecule has 2 atom stereocenters. The lowest BCUT2D eigenvalue weighted by Crippen LogP contribution is -2.48. The summed E-state index contributed by atoms with van der Waals surface area (Å²) in [6, 6.07) is 16.4. The van der Waals surface area contributed by atoms with E-state index in [0.717, 1.165) is 68.5 Å². The number of aromatic nitrogens is 4. The lowest BCUT2D eigenvalue weighted by Gasteiger charge is -2.40. The van der Waals surface area contributed by atoms with Crippen LogP contribution in [0.5, 0.6) is 11.5 Å². The van der Waals surface area contributed by atoms with Crippen LogP contribution in [-0.2, 0) is 11.3 Å². The van der Waals surface area contributed by atoms with Gasteiger partial charge in [-0.15, -0.1) is 5.10 Å². The first-order valence-electron chi connectivity index (χ1n) is 11.9. The number of rotatable bonds is 8. The molecule has 3 heterocycles. The van der Waals surface area contributed by atoms with Crippen LogP contribution in [0.2, 0.25) is 0 Å². The predicted octanol–water partition coefficient (Wildman–Crippen LogP) is 2.78. The van der Waals surface area contributed by atoms with E-state index in [4.69, 9.17) is 14.2 Å². The lowest BCUT2D eigenvalue weighted by atomic mass is 10.0. The van der Waals surface area contributed by atoms with Gasteiger partial charge in [0.1, 0.15) is 17.5 Å². The zero-order chi connectivity index (χ0) is 23.3. The Morgan fingerprint density at radius 2 is 1.85 bits per heavy atom. The van der Waals surface area contributed by atoms with Gasteiger partial charge in [-0.1, -0.05) is 18.2 Å². The van der Waals surface area contributed by atoms with Crippen LogP contribution >= 0.6 is 0 Å². The molecule has 2 aliphatic rings. The maximum Gasteiger partial charge on any atom is 0.173 e. The van der Waals surface area contributed by atoms with Crippen molar-refractivity contribution >= 4 is 5.69 Å². The minimum Gasteiger partial charge on any atom is -0.497 e. The van der Waals surface area contributed by atoms with E-state index in [2.05, 4.69) is 61.7 Å². The van der Waals surface area contributed by atoms with E-state index in [1.165, 1.54) is 5.69 Å². The fourth-order valence-electron chi connectivity index (χ4n) is 4.94. The van der Waals surface area contributed by atoms with Gasteiger partial charge in [-0.05, 0) is 47.5 Å². The Morgan fingerprint density at radius 3 is 2.56 bits per heavy atom. The first kappa shape index (κ1) is 22.6. The normalized spacial score (nSPS) is 19.8. The number of methoxy groups -OCH3 is 2. The Kier molecular flexibility index (Phi) is 6.92. The second-order valence-electron chi connectivity index (χ2n) is 8.72. The molecule has 0 spiro atoms. The standard InChI is InChI=1S/C25H32N6O3/c1-32-20-10-11-22(23(17-20)33-2)24(25-26-27-28-31(25)18-21-9-6-16-34-21)30-14-12-29(13-15-30)19-7-4-3-5-8-19/h3-5,7-8,10-11,17,21,24H,6,9,12-16,18H2,1-2H3/t21-,24+/m0/s1.